The van der Waals surface area contributed by atoms with E-state index in [1.807, 2.05) is 0 Å². The third-order valence-electron chi connectivity index (χ3n) is 1.25. The van der Waals surface area contributed by atoms with Crippen LogP contribution < -0.4 is 5.11 Å². The van der Waals surface area contributed by atoms with Gasteiger partial charge in [0.05, 0.1) is 17.2 Å². The highest BCUT2D eigenvalue weighted by molar-refractivity contribution is 7.90. The Morgan fingerprint density at radius 3 is 2.57 bits per heavy atom. The van der Waals surface area contributed by atoms with Crippen molar-refractivity contribution in [3.05, 3.63) is 16.9 Å². The van der Waals surface area contributed by atoms with E-state index in [2.05, 4.69) is 9.97 Å². The van der Waals surface area contributed by atoms with Gasteiger partial charge in [0.2, 0.25) is 15.0 Å². The first-order valence-electron chi connectivity index (χ1n) is 3.26. The van der Waals surface area contributed by atoms with Crippen LogP contribution in [0.2, 0.25) is 5.02 Å². The standard InChI is InChI=1S/C6H5ClN2O4S/c1-14(12,13)6-8-2-3(7)4(9-6)5(10)11/h2H,1H3,(H,10,11)/p-1. The maximum Gasteiger partial charge on any atom is 0.247 e. The lowest BCUT2D eigenvalue weighted by Gasteiger charge is -2.04. The van der Waals surface area contributed by atoms with E-state index in [0.29, 0.717) is 0 Å². The summed E-state index contributed by atoms with van der Waals surface area (Å²) in [6.45, 7) is 0. The first-order chi connectivity index (χ1) is 6.32. The van der Waals surface area contributed by atoms with Gasteiger partial charge in [0.15, 0.2) is 0 Å². The highest BCUT2D eigenvalue weighted by atomic mass is 35.5. The summed E-state index contributed by atoms with van der Waals surface area (Å²) >= 11 is 5.40. The molecule has 0 aromatic carbocycles. The predicted molar refractivity (Wildman–Crippen MR) is 44.5 cm³/mol. The lowest BCUT2D eigenvalue weighted by Crippen LogP contribution is -2.25. The van der Waals surface area contributed by atoms with E-state index in [-0.39, 0.29) is 5.02 Å². The molecule has 0 amide bonds. The van der Waals surface area contributed by atoms with E-state index in [1.165, 1.54) is 0 Å². The zero-order valence-electron chi connectivity index (χ0n) is 6.89. The van der Waals surface area contributed by atoms with Crippen LogP contribution in [0.3, 0.4) is 0 Å². The van der Waals surface area contributed by atoms with Crippen LogP contribution >= 0.6 is 11.6 Å². The summed E-state index contributed by atoms with van der Waals surface area (Å²) in [5.41, 5.74) is -0.637. The van der Waals surface area contributed by atoms with Crippen LogP contribution in [-0.2, 0) is 9.84 Å². The van der Waals surface area contributed by atoms with E-state index in [4.69, 9.17) is 11.6 Å². The van der Waals surface area contributed by atoms with Crippen molar-refractivity contribution in [1.29, 1.82) is 0 Å². The number of hydrogen-bond acceptors (Lipinski definition) is 6. The van der Waals surface area contributed by atoms with Crippen molar-refractivity contribution >= 4 is 27.4 Å². The van der Waals surface area contributed by atoms with Gasteiger partial charge in [-0.3, -0.25) is 0 Å². The SMILES string of the molecule is CS(=O)(=O)c1ncc(Cl)c(C(=O)[O-])n1. The van der Waals surface area contributed by atoms with Gasteiger partial charge in [-0.05, 0) is 0 Å². The number of hydrogen-bond donors (Lipinski definition) is 0. The molecule has 6 nitrogen and oxygen atoms in total. The number of carboxylic acids is 1. The van der Waals surface area contributed by atoms with Crippen LogP contribution in [0.4, 0.5) is 0 Å². The second-order valence-electron chi connectivity index (χ2n) is 2.41. The molecular formula is C6H4ClN2O4S-. The molecule has 0 aliphatic heterocycles. The van der Waals surface area contributed by atoms with Gasteiger partial charge in [0.25, 0.3) is 0 Å². The molecule has 1 heterocycles. The molecule has 0 fully saturated rings. The average molecular weight is 236 g/mol. The van der Waals surface area contributed by atoms with Crippen LogP contribution in [0.25, 0.3) is 0 Å². The summed E-state index contributed by atoms with van der Waals surface area (Å²) in [7, 11) is -3.65. The molecule has 0 spiro atoms. The zero-order valence-corrected chi connectivity index (χ0v) is 8.46. The van der Waals surface area contributed by atoms with E-state index >= 15 is 0 Å². The summed E-state index contributed by atoms with van der Waals surface area (Å²) in [5.74, 6) is -1.65. The molecule has 0 bridgehead atoms. The molecule has 0 atom stereocenters. The largest absolute Gasteiger partial charge is 0.543 e. The summed E-state index contributed by atoms with van der Waals surface area (Å²) in [4.78, 5) is 17.0. The third kappa shape index (κ3) is 2.18. The van der Waals surface area contributed by atoms with Crippen molar-refractivity contribution in [3.8, 4) is 0 Å². The molecule has 0 radical (unpaired) electrons. The second kappa shape index (κ2) is 3.50. The molecule has 0 unspecified atom stereocenters. The number of aromatic carboxylic acids is 1. The average Bonchev–Trinajstić information content (AvgIpc) is 2.02. The number of halogens is 1. The summed E-state index contributed by atoms with van der Waals surface area (Å²) in [6, 6.07) is 0. The van der Waals surface area contributed by atoms with Crippen molar-refractivity contribution in [2.24, 2.45) is 0 Å². The highest BCUT2D eigenvalue weighted by Gasteiger charge is 2.14. The molecule has 14 heavy (non-hydrogen) atoms. The fourth-order valence-electron chi connectivity index (χ4n) is 0.673. The van der Waals surface area contributed by atoms with Gasteiger partial charge in [0, 0.05) is 6.26 Å². The number of carbonyl (C=O) groups is 1. The Kier molecular flexibility index (Phi) is 2.72. The van der Waals surface area contributed by atoms with Crippen LogP contribution in [-0.4, -0.2) is 30.6 Å². The predicted octanol–water partition coefficient (Wildman–Crippen LogP) is -1.10. The van der Waals surface area contributed by atoms with Gasteiger partial charge in [-0.15, -0.1) is 0 Å². The molecule has 0 saturated heterocycles. The smallest absolute Gasteiger partial charge is 0.247 e. The molecule has 0 aliphatic carbocycles. The van der Waals surface area contributed by atoms with Gasteiger partial charge >= 0.3 is 0 Å². The molecule has 1 aromatic heterocycles. The van der Waals surface area contributed by atoms with Gasteiger partial charge in [-0.1, -0.05) is 11.6 Å². The molecule has 8 heteroatoms. The van der Waals surface area contributed by atoms with E-state index < -0.39 is 26.7 Å². The molecule has 0 aliphatic rings. The lowest BCUT2D eigenvalue weighted by molar-refractivity contribution is -0.255. The Labute approximate surface area is 84.5 Å². The van der Waals surface area contributed by atoms with Crippen LogP contribution in [0.5, 0.6) is 0 Å². The number of carboxylic acid groups (broad SMARTS) is 1. The number of carbonyl (C=O) groups excluding carboxylic acids is 1. The molecule has 0 N–H and O–H groups in total. The molecule has 1 rings (SSSR count). The maximum atomic E-state index is 10.9. The minimum Gasteiger partial charge on any atom is -0.543 e. The Morgan fingerprint density at radius 1 is 1.57 bits per heavy atom. The monoisotopic (exact) mass is 235 g/mol. The molecule has 0 saturated carbocycles. The summed E-state index contributed by atoms with van der Waals surface area (Å²) in [6.07, 6.45) is 1.76. The fraction of sp³-hybridized carbons (Fsp3) is 0.167. The third-order valence-corrected chi connectivity index (χ3v) is 2.38. The van der Waals surface area contributed by atoms with E-state index in [9.17, 15) is 18.3 Å². The van der Waals surface area contributed by atoms with E-state index in [0.717, 1.165) is 12.5 Å². The van der Waals surface area contributed by atoms with Crippen LogP contribution in [0.15, 0.2) is 11.4 Å². The van der Waals surface area contributed by atoms with Gasteiger partial charge < -0.3 is 9.90 Å². The van der Waals surface area contributed by atoms with Crippen molar-refractivity contribution in [2.75, 3.05) is 6.26 Å². The summed E-state index contributed by atoms with van der Waals surface area (Å²) in [5, 5.41) is 9.56. The minimum absolute atomic E-state index is 0.266. The lowest BCUT2D eigenvalue weighted by atomic mass is 10.4. The summed E-state index contributed by atoms with van der Waals surface area (Å²) < 4.78 is 21.9. The topological polar surface area (TPSA) is 100 Å². The van der Waals surface area contributed by atoms with Gasteiger partial charge in [-0.25, -0.2) is 18.4 Å². The highest BCUT2D eigenvalue weighted by Crippen LogP contribution is 2.13. The number of aromatic nitrogens is 2. The van der Waals surface area contributed by atoms with Gasteiger partial charge in [-0.2, -0.15) is 0 Å². The van der Waals surface area contributed by atoms with Crippen molar-refractivity contribution in [3.63, 3.8) is 0 Å². The zero-order chi connectivity index (χ0) is 10.9. The second-order valence-corrected chi connectivity index (χ2v) is 4.73. The fourth-order valence-corrected chi connectivity index (χ4v) is 1.34. The van der Waals surface area contributed by atoms with Crippen LogP contribution in [0, 0.1) is 0 Å². The van der Waals surface area contributed by atoms with Crippen molar-refractivity contribution in [2.45, 2.75) is 5.16 Å². The number of sulfone groups is 1. The normalized spacial score (nSPS) is 11.3. The Morgan fingerprint density at radius 2 is 2.14 bits per heavy atom. The van der Waals surface area contributed by atoms with Crippen molar-refractivity contribution < 1.29 is 18.3 Å². The first-order valence-corrected chi connectivity index (χ1v) is 5.53. The molecular weight excluding hydrogens is 232 g/mol. The quantitative estimate of drug-likeness (QED) is 0.603. The Hall–Kier alpha value is -1.21. The molecule has 76 valence electrons. The van der Waals surface area contributed by atoms with Gasteiger partial charge in [0.1, 0.15) is 5.69 Å². The minimum atomic E-state index is -3.65. The number of nitrogens with zero attached hydrogens (tertiary/aromatic N) is 2. The van der Waals surface area contributed by atoms with Crippen molar-refractivity contribution in [1.82, 2.24) is 9.97 Å². The number of rotatable bonds is 2. The van der Waals surface area contributed by atoms with Crippen LogP contribution in [0.1, 0.15) is 10.5 Å². The Balaban J connectivity index is 3.42. The Bertz CT molecular complexity index is 485. The molecule has 1 aromatic rings. The van der Waals surface area contributed by atoms with E-state index in [1.54, 1.807) is 0 Å². The maximum absolute atomic E-state index is 10.9. The first kappa shape index (κ1) is 10.9.